The van der Waals surface area contributed by atoms with E-state index in [4.69, 9.17) is 21.1 Å². The van der Waals surface area contributed by atoms with E-state index in [0.29, 0.717) is 22.7 Å². The minimum absolute atomic E-state index is 0.320. The lowest BCUT2D eigenvalue weighted by Gasteiger charge is -2.12. The summed E-state index contributed by atoms with van der Waals surface area (Å²) in [5.74, 6) is 1.29. The standard InChI is InChI=1S/C10H14ClNO2/c1-6(2)7-5-8(11)10(14-4)12-9(7)13-3/h5-6H,1-4H3. The maximum absolute atomic E-state index is 5.96. The number of methoxy groups -OCH3 is 2. The SMILES string of the molecule is COc1nc(OC)c(C(C)C)cc1Cl. The van der Waals surface area contributed by atoms with Crippen molar-refractivity contribution in [1.29, 1.82) is 0 Å². The van der Waals surface area contributed by atoms with Crippen LogP contribution in [-0.2, 0) is 0 Å². The summed E-state index contributed by atoms with van der Waals surface area (Å²) in [5.41, 5.74) is 0.985. The van der Waals surface area contributed by atoms with E-state index in [1.165, 1.54) is 7.11 Å². The molecule has 0 spiro atoms. The van der Waals surface area contributed by atoms with Crippen molar-refractivity contribution in [3.63, 3.8) is 0 Å². The van der Waals surface area contributed by atoms with Gasteiger partial charge in [-0.25, -0.2) is 0 Å². The zero-order chi connectivity index (χ0) is 10.7. The van der Waals surface area contributed by atoms with Crippen LogP contribution in [0.4, 0.5) is 0 Å². The maximum atomic E-state index is 5.96. The van der Waals surface area contributed by atoms with E-state index < -0.39 is 0 Å². The van der Waals surface area contributed by atoms with E-state index in [0.717, 1.165) is 5.56 Å². The molecule has 0 atom stereocenters. The quantitative estimate of drug-likeness (QED) is 0.777. The highest BCUT2D eigenvalue weighted by atomic mass is 35.5. The summed E-state index contributed by atoms with van der Waals surface area (Å²) >= 11 is 5.96. The topological polar surface area (TPSA) is 31.4 Å². The summed E-state index contributed by atoms with van der Waals surface area (Å²) in [6.07, 6.45) is 0. The number of nitrogens with zero attached hydrogens (tertiary/aromatic N) is 1. The lowest BCUT2D eigenvalue weighted by atomic mass is 10.1. The molecule has 0 aromatic carbocycles. The molecule has 0 saturated heterocycles. The molecule has 0 N–H and O–H groups in total. The molecule has 0 unspecified atom stereocenters. The van der Waals surface area contributed by atoms with Crippen molar-refractivity contribution in [2.45, 2.75) is 19.8 Å². The Hall–Kier alpha value is -0.960. The molecule has 4 heteroatoms. The molecule has 0 aliphatic heterocycles. The Labute approximate surface area is 89.0 Å². The van der Waals surface area contributed by atoms with Crippen molar-refractivity contribution in [2.24, 2.45) is 0 Å². The minimum atomic E-state index is 0.320. The number of hydrogen-bond acceptors (Lipinski definition) is 3. The van der Waals surface area contributed by atoms with Crippen molar-refractivity contribution in [2.75, 3.05) is 14.2 Å². The number of halogens is 1. The molecule has 0 aliphatic carbocycles. The molecule has 3 nitrogen and oxygen atoms in total. The molecule has 0 fully saturated rings. The smallest absolute Gasteiger partial charge is 0.235 e. The summed E-state index contributed by atoms with van der Waals surface area (Å²) in [7, 11) is 3.12. The van der Waals surface area contributed by atoms with Crippen LogP contribution in [0.3, 0.4) is 0 Å². The predicted octanol–water partition coefficient (Wildman–Crippen LogP) is 2.88. The Morgan fingerprint density at radius 2 is 1.79 bits per heavy atom. The van der Waals surface area contributed by atoms with Crippen LogP contribution >= 0.6 is 11.6 Å². The summed E-state index contributed by atoms with van der Waals surface area (Å²) < 4.78 is 10.2. The van der Waals surface area contributed by atoms with Gasteiger partial charge < -0.3 is 9.47 Å². The molecule has 1 aromatic rings. The lowest BCUT2D eigenvalue weighted by molar-refractivity contribution is 0.360. The first kappa shape index (κ1) is 11.1. The minimum Gasteiger partial charge on any atom is -0.481 e. The molecule has 0 amide bonds. The third-order valence-corrected chi connectivity index (χ3v) is 2.22. The zero-order valence-corrected chi connectivity index (χ0v) is 9.55. The fourth-order valence-electron chi connectivity index (χ4n) is 1.19. The van der Waals surface area contributed by atoms with Gasteiger partial charge in [-0.3, -0.25) is 0 Å². The van der Waals surface area contributed by atoms with Crippen LogP contribution in [-0.4, -0.2) is 19.2 Å². The number of rotatable bonds is 3. The summed E-state index contributed by atoms with van der Waals surface area (Å²) in [5, 5.41) is 0.511. The lowest BCUT2D eigenvalue weighted by Crippen LogP contribution is -1.99. The molecule has 1 rings (SSSR count). The van der Waals surface area contributed by atoms with Crippen molar-refractivity contribution in [3.05, 3.63) is 16.7 Å². The number of hydrogen-bond donors (Lipinski definition) is 0. The number of pyridine rings is 1. The van der Waals surface area contributed by atoms with E-state index in [1.54, 1.807) is 7.11 Å². The van der Waals surface area contributed by atoms with Gasteiger partial charge in [0.2, 0.25) is 11.8 Å². The van der Waals surface area contributed by atoms with Crippen LogP contribution in [0.1, 0.15) is 25.3 Å². The highest BCUT2D eigenvalue weighted by Crippen LogP contribution is 2.32. The molecule has 1 aromatic heterocycles. The van der Waals surface area contributed by atoms with Crippen molar-refractivity contribution in [3.8, 4) is 11.8 Å². The van der Waals surface area contributed by atoms with E-state index in [1.807, 2.05) is 6.07 Å². The summed E-state index contributed by atoms with van der Waals surface area (Å²) in [6.45, 7) is 4.12. The monoisotopic (exact) mass is 215 g/mol. The van der Waals surface area contributed by atoms with Gasteiger partial charge in [-0.2, -0.15) is 4.98 Å². The second-order valence-corrected chi connectivity index (χ2v) is 3.64. The van der Waals surface area contributed by atoms with Crippen LogP contribution in [0.25, 0.3) is 0 Å². The van der Waals surface area contributed by atoms with Crippen molar-refractivity contribution >= 4 is 11.6 Å². The first-order chi connectivity index (χ1) is 6.60. The van der Waals surface area contributed by atoms with E-state index in [9.17, 15) is 0 Å². The number of aromatic nitrogens is 1. The molecule has 1 heterocycles. The third-order valence-electron chi connectivity index (χ3n) is 1.95. The van der Waals surface area contributed by atoms with E-state index >= 15 is 0 Å². The van der Waals surface area contributed by atoms with Crippen molar-refractivity contribution in [1.82, 2.24) is 4.98 Å². The number of ether oxygens (including phenoxy) is 2. The average molecular weight is 216 g/mol. The van der Waals surface area contributed by atoms with Crippen LogP contribution < -0.4 is 9.47 Å². The Morgan fingerprint density at radius 3 is 2.21 bits per heavy atom. The van der Waals surface area contributed by atoms with Crippen LogP contribution in [0.15, 0.2) is 6.07 Å². The van der Waals surface area contributed by atoms with Gasteiger partial charge in [0.1, 0.15) is 5.02 Å². The molecule has 78 valence electrons. The second-order valence-electron chi connectivity index (χ2n) is 3.23. The molecule has 0 radical (unpaired) electrons. The molecule has 0 bridgehead atoms. The Bertz CT molecular complexity index is 326. The third kappa shape index (κ3) is 2.10. The van der Waals surface area contributed by atoms with Gasteiger partial charge >= 0.3 is 0 Å². The second kappa shape index (κ2) is 4.51. The van der Waals surface area contributed by atoms with E-state index in [2.05, 4.69) is 18.8 Å². The predicted molar refractivity (Wildman–Crippen MR) is 56.4 cm³/mol. The molecule has 0 saturated carbocycles. The van der Waals surface area contributed by atoms with Crippen molar-refractivity contribution < 1.29 is 9.47 Å². The van der Waals surface area contributed by atoms with Crippen LogP contribution in [0.5, 0.6) is 11.8 Å². The van der Waals surface area contributed by atoms with Gasteiger partial charge in [0.25, 0.3) is 0 Å². The first-order valence-corrected chi connectivity index (χ1v) is 4.76. The largest absolute Gasteiger partial charge is 0.481 e. The Morgan fingerprint density at radius 1 is 1.21 bits per heavy atom. The highest BCUT2D eigenvalue weighted by Gasteiger charge is 2.13. The maximum Gasteiger partial charge on any atom is 0.235 e. The fraction of sp³-hybridized carbons (Fsp3) is 0.500. The summed E-state index contributed by atoms with van der Waals surface area (Å²) in [6, 6.07) is 1.83. The van der Waals surface area contributed by atoms with Gasteiger partial charge in [-0.15, -0.1) is 0 Å². The molecule has 14 heavy (non-hydrogen) atoms. The normalized spacial score (nSPS) is 10.4. The van der Waals surface area contributed by atoms with Gasteiger partial charge in [-0.05, 0) is 12.0 Å². The average Bonchev–Trinajstić information content (AvgIpc) is 2.17. The van der Waals surface area contributed by atoms with Gasteiger partial charge in [-0.1, -0.05) is 25.4 Å². The first-order valence-electron chi connectivity index (χ1n) is 4.38. The van der Waals surface area contributed by atoms with Gasteiger partial charge in [0.15, 0.2) is 0 Å². The zero-order valence-electron chi connectivity index (χ0n) is 8.80. The highest BCUT2D eigenvalue weighted by molar-refractivity contribution is 6.31. The molecular weight excluding hydrogens is 202 g/mol. The molecule has 0 aliphatic rings. The van der Waals surface area contributed by atoms with Gasteiger partial charge in [0, 0.05) is 5.56 Å². The van der Waals surface area contributed by atoms with Gasteiger partial charge in [0.05, 0.1) is 14.2 Å². The Balaban J connectivity index is 3.24. The summed E-state index contributed by atoms with van der Waals surface area (Å²) in [4.78, 5) is 4.15. The molecular formula is C10H14ClNO2. The van der Waals surface area contributed by atoms with E-state index in [-0.39, 0.29) is 0 Å². The van der Waals surface area contributed by atoms with Crippen LogP contribution in [0, 0.1) is 0 Å². The Kier molecular flexibility index (Phi) is 3.58. The fourth-order valence-corrected chi connectivity index (χ4v) is 1.43. The van der Waals surface area contributed by atoms with Crippen LogP contribution in [0.2, 0.25) is 5.02 Å².